The largest absolute Gasteiger partial charge is 0.344 e. The molecule has 0 aliphatic carbocycles. The first-order chi connectivity index (χ1) is 7.81. The van der Waals surface area contributed by atoms with Crippen LogP contribution in [0.1, 0.15) is 19.3 Å². The van der Waals surface area contributed by atoms with Crippen molar-refractivity contribution in [3.8, 4) is 0 Å². The van der Waals surface area contributed by atoms with Crippen LogP contribution in [-0.2, 0) is 13.6 Å². The Morgan fingerprint density at radius 3 is 1.88 bits per heavy atom. The van der Waals surface area contributed by atoms with E-state index in [4.69, 9.17) is 20.5 Å². The van der Waals surface area contributed by atoms with Gasteiger partial charge in [0.15, 0.2) is 0 Å². The van der Waals surface area contributed by atoms with Crippen LogP contribution >= 0.6 is 8.25 Å². The van der Waals surface area contributed by atoms with Crippen LogP contribution in [0.5, 0.6) is 0 Å². The first kappa shape index (κ1) is 19.3. The molecule has 0 aromatic heterocycles. The van der Waals surface area contributed by atoms with Gasteiger partial charge in [0.2, 0.25) is 0 Å². The summed E-state index contributed by atoms with van der Waals surface area (Å²) in [5.41, 5.74) is 10.3. The van der Waals surface area contributed by atoms with Crippen LogP contribution in [0.15, 0.2) is 0 Å². The van der Waals surface area contributed by atoms with Crippen LogP contribution in [0.25, 0.3) is 0 Å². The summed E-state index contributed by atoms with van der Waals surface area (Å²) in [4.78, 5) is 0. The first-order valence-corrected chi connectivity index (χ1v) is 6.94. The van der Waals surface area contributed by atoms with Crippen molar-refractivity contribution in [1.29, 1.82) is 0 Å². The quantitative estimate of drug-likeness (QED) is 0.424. The third kappa shape index (κ3) is 16.0. The smallest absolute Gasteiger partial charge is 0.319 e. The average molecular weight is 270 g/mol. The Morgan fingerprint density at radius 2 is 1.47 bits per heavy atom. The van der Waals surface area contributed by atoms with Crippen LogP contribution in [0, 0.1) is 0 Å². The van der Waals surface area contributed by atoms with E-state index in [0.717, 1.165) is 32.4 Å². The first-order valence-electron chi connectivity index (χ1n) is 5.71. The Kier molecular flexibility index (Phi) is 18.2. The molecule has 0 unspecified atom stereocenters. The Labute approximate surface area is 104 Å². The van der Waals surface area contributed by atoms with Gasteiger partial charge in [0.25, 0.3) is 0 Å². The molecule has 1 heterocycles. The van der Waals surface area contributed by atoms with Gasteiger partial charge in [0.05, 0.1) is 13.2 Å². The van der Waals surface area contributed by atoms with Crippen LogP contribution in [-0.4, -0.2) is 39.4 Å². The Bertz CT molecular complexity index is 160. The fourth-order valence-electron chi connectivity index (χ4n) is 1.06. The molecule has 17 heavy (non-hydrogen) atoms. The molecule has 0 aromatic rings. The van der Waals surface area contributed by atoms with E-state index in [1.165, 1.54) is 0 Å². The lowest BCUT2D eigenvalue weighted by Crippen LogP contribution is -2.27. The van der Waals surface area contributed by atoms with Gasteiger partial charge in [-0.3, -0.25) is 4.57 Å². The van der Waals surface area contributed by atoms with Crippen LogP contribution in [0.3, 0.4) is 0 Å². The standard InChI is InChI=1S/C5H11O3P.C4H13N3.H3N/c6-9-7-4-2-1-3-5-8-9;5-1-3-7-4-2-6;/h9H,1-5H2;7H,1-6H2;1H3. The topological polar surface area (TPSA) is 135 Å². The van der Waals surface area contributed by atoms with Crippen molar-refractivity contribution < 1.29 is 13.6 Å². The summed E-state index contributed by atoms with van der Waals surface area (Å²) in [7, 11) is -2.10. The van der Waals surface area contributed by atoms with Crippen LogP contribution in [0.4, 0.5) is 0 Å². The van der Waals surface area contributed by atoms with Crippen molar-refractivity contribution in [1.82, 2.24) is 11.5 Å². The van der Waals surface area contributed by atoms with E-state index in [0.29, 0.717) is 26.3 Å². The molecule has 106 valence electrons. The van der Waals surface area contributed by atoms with Gasteiger partial charge in [-0.25, -0.2) is 0 Å². The zero-order valence-corrected chi connectivity index (χ0v) is 11.5. The minimum Gasteiger partial charge on any atom is -0.344 e. The highest BCUT2D eigenvalue weighted by molar-refractivity contribution is 7.33. The van der Waals surface area contributed by atoms with Crippen LogP contribution in [0.2, 0.25) is 0 Å². The van der Waals surface area contributed by atoms with Crippen molar-refractivity contribution in [2.45, 2.75) is 19.3 Å². The molecular formula is C9H27N4O3P. The number of nitrogens with one attached hydrogen (secondary N) is 1. The molecule has 0 aromatic carbocycles. The third-order valence-corrected chi connectivity index (χ3v) is 2.75. The third-order valence-electron chi connectivity index (χ3n) is 1.87. The van der Waals surface area contributed by atoms with E-state index in [2.05, 4.69) is 5.32 Å². The zero-order valence-electron chi connectivity index (χ0n) is 10.5. The van der Waals surface area contributed by atoms with Gasteiger partial charge in [0, 0.05) is 26.2 Å². The van der Waals surface area contributed by atoms with Crippen LogP contribution < -0.4 is 22.9 Å². The highest BCUT2D eigenvalue weighted by Crippen LogP contribution is 2.26. The van der Waals surface area contributed by atoms with Gasteiger partial charge in [0.1, 0.15) is 0 Å². The molecule has 0 amide bonds. The molecule has 1 rings (SSSR count). The lowest BCUT2D eigenvalue weighted by Gasteiger charge is -2.08. The summed E-state index contributed by atoms with van der Waals surface area (Å²) in [6, 6.07) is 0. The number of rotatable bonds is 4. The predicted octanol–water partition coefficient (Wildman–Crippen LogP) is 0.249. The summed E-state index contributed by atoms with van der Waals surface area (Å²) >= 11 is 0. The second-order valence-corrected chi connectivity index (χ2v) is 4.41. The van der Waals surface area contributed by atoms with Crippen molar-refractivity contribution >= 4 is 8.25 Å². The van der Waals surface area contributed by atoms with Crippen molar-refractivity contribution in [2.75, 3.05) is 39.4 Å². The molecule has 8 N–H and O–H groups in total. The minimum absolute atomic E-state index is 0. The predicted molar refractivity (Wildman–Crippen MR) is 70.8 cm³/mol. The summed E-state index contributed by atoms with van der Waals surface area (Å²) < 4.78 is 20.2. The van der Waals surface area contributed by atoms with Gasteiger partial charge in [-0.2, -0.15) is 0 Å². The summed E-state index contributed by atoms with van der Waals surface area (Å²) in [5, 5.41) is 3.03. The zero-order chi connectivity index (χ0) is 12.1. The van der Waals surface area contributed by atoms with E-state index >= 15 is 0 Å². The number of hydrogen-bond donors (Lipinski definition) is 4. The summed E-state index contributed by atoms with van der Waals surface area (Å²) in [6.07, 6.45) is 3.15. The van der Waals surface area contributed by atoms with Gasteiger partial charge in [-0.1, -0.05) is 0 Å². The Balaban J connectivity index is 0. The van der Waals surface area contributed by atoms with Crippen molar-refractivity contribution in [2.24, 2.45) is 11.5 Å². The van der Waals surface area contributed by atoms with E-state index < -0.39 is 8.25 Å². The fourth-order valence-corrected chi connectivity index (χ4v) is 1.77. The second kappa shape index (κ2) is 16.0. The monoisotopic (exact) mass is 270 g/mol. The molecule has 0 radical (unpaired) electrons. The lowest BCUT2D eigenvalue weighted by molar-refractivity contribution is 0.198. The van der Waals surface area contributed by atoms with Gasteiger partial charge in [-0.05, 0) is 19.3 Å². The molecular weight excluding hydrogens is 243 g/mol. The van der Waals surface area contributed by atoms with E-state index in [9.17, 15) is 4.57 Å². The van der Waals surface area contributed by atoms with E-state index in [-0.39, 0.29) is 6.15 Å². The molecule has 1 aliphatic heterocycles. The second-order valence-electron chi connectivity index (χ2n) is 3.33. The highest BCUT2D eigenvalue weighted by Gasteiger charge is 2.02. The number of hydrogen-bond acceptors (Lipinski definition) is 7. The SMILES string of the molecule is N.NCCNCCN.O=[PH]1OCCCCCO1. The maximum Gasteiger partial charge on any atom is 0.319 e. The molecule has 1 fully saturated rings. The number of nitrogens with two attached hydrogens (primary N) is 2. The summed E-state index contributed by atoms with van der Waals surface area (Å²) in [5.74, 6) is 0. The van der Waals surface area contributed by atoms with Crippen molar-refractivity contribution in [3.05, 3.63) is 0 Å². The normalized spacial score (nSPS) is 17.1. The fraction of sp³-hybridized carbons (Fsp3) is 1.00. The molecule has 1 aliphatic rings. The summed E-state index contributed by atoms with van der Waals surface area (Å²) in [6.45, 7) is 4.32. The Hall–Kier alpha value is -0.0100. The molecule has 0 bridgehead atoms. The average Bonchev–Trinajstić information content (AvgIpc) is 2.25. The highest BCUT2D eigenvalue weighted by atomic mass is 31.1. The molecule has 1 saturated heterocycles. The lowest BCUT2D eigenvalue weighted by atomic mass is 10.2. The van der Waals surface area contributed by atoms with Crippen molar-refractivity contribution in [3.63, 3.8) is 0 Å². The van der Waals surface area contributed by atoms with Gasteiger partial charge < -0.3 is 32.0 Å². The van der Waals surface area contributed by atoms with Gasteiger partial charge >= 0.3 is 8.25 Å². The minimum atomic E-state index is -2.10. The maximum atomic E-state index is 10.6. The molecule has 7 nitrogen and oxygen atoms in total. The molecule has 0 saturated carbocycles. The molecule has 8 heteroatoms. The molecule has 0 spiro atoms. The maximum absolute atomic E-state index is 10.6. The van der Waals surface area contributed by atoms with Gasteiger partial charge in [-0.15, -0.1) is 0 Å². The Morgan fingerprint density at radius 1 is 1.00 bits per heavy atom. The van der Waals surface area contributed by atoms with E-state index in [1.54, 1.807) is 0 Å². The molecule has 0 atom stereocenters. The van der Waals surface area contributed by atoms with E-state index in [1.807, 2.05) is 0 Å².